The summed E-state index contributed by atoms with van der Waals surface area (Å²) in [7, 11) is 0. The van der Waals surface area contributed by atoms with E-state index in [1.165, 1.54) is 32.3 Å². The summed E-state index contributed by atoms with van der Waals surface area (Å²) in [5.74, 6) is 1.82. The summed E-state index contributed by atoms with van der Waals surface area (Å²) < 4.78 is 6.42. The van der Waals surface area contributed by atoms with Crippen molar-refractivity contribution in [1.29, 1.82) is 0 Å². The molecule has 0 amide bonds. The van der Waals surface area contributed by atoms with Crippen molar-refractivity contribution in [3.05, 3.63) is 188 Å². The molecule has 11 rings (SSSR count). The van der Waals surface area contributed by atoms with Crippen molar-refractivity contribution >= 4 is 54.3 Å². The second-order valence-corrected chi connectivity index (χ2v) is 14.0. The number of nitrogens with zero attached hydrogens (tertiary/aromatic N) is 3. The molecule has 0 aliphatic rings. The first-order valence-corrected chi connectivity index (χ1v) is 18.5. The van der Waals surface area contributed by atoms with E-state index in [1.54, 1.807) is 0 Å². The van der Waals surface area contributed by atoms with Crippen LogP contribution in [-0.2, 0) is 0 Å². The molecule has 4 nitrogen and oxygen atoms in total. The Hall–Kier alpha value is -7.43. The third-order valence-electron chi connectivity index (χ3n) is 10.7. The van der Waals surface area contributed by atoms with E-state index in [4.69, 9.17) is 19.4 Å². The van der Waals surface area contributed by atoms with Crippen molar-refractivity contribution in [3.63, 3.8) is 0 Å². The first kappa shape index (κ1) is 31.1. The molecule has 0 N–H and O–H groups in total. The zero-order chi connectivity index (χ0) is 36.3. The van der Waals surface area contributed by atoms with Gasteiger partial charge in [-0.25, -0.2) is 15.0 Å². The van der Waals surface area contributed by atoms with Crippen LogP contribution in [0.1, 0.15) is 0 Å². The lowest BCUT2D eigenvalue weighted by molar-refractivity contribution is 0.669. The Balaban J connectivity index is 1.10. The fourth-order valence-corrected chi connectivity index (χ4v) is 8.08. The van der Waals surface area contributed by atoms with E-state index in [2.05, 4.69) is 140 Å². The van der Waals surface area contributed by atoms with Gasteiger partial charge in [0.15, 0.2) is 17.5 Å². The van der Waals surface area contributed by atoms with Crippen LogP contribution in [0.5, 0.6) is 0 Å². The largest absolute Gasteiger partial charge is 0.456 e. The molecule has 55 heavy (non-hydrogen) atoms. The maximum Gasteiger partial charge on any atom is 0.164 e. The number of aromatic nitrogens is 3. The van der Waals surface area contributed by atoms with Gasteiger partial charge >= 0.3 is 0 Å². The third kappa shape index (κ3) is 5.26. The van der Waals surface area contributed by atoms with E-state index >= 15 is 0 Å². The van der Waals surface area contributed by atoms with E-state index < -0.39 is 0 Å². The maximum atomic E-state index is 6.42. The van der Waals surface area contributed by atoms with Gasteiger partial charge in [-0.05, 0) is 78.8 Å². The summed E-state index contributed by atoms with van der Waals surface area (Å²) in [5.41, 5.74) is 8.79. The molecule has 0 saturated carbocycles. The number of fused-ring (bicyclic) bond motifs is 8. The maximum absolute atomic E-state index is 6.42. The van der Waals surface area contributed by atoms with Gasteiger partial charge in [-0.2, -0.15) is 0 Å². The average Bonchev–Trinajstić information content (AvgIpc) is 3.65. The Morgan fingerprint density at radius 2 is 0.891 bits per heavy atom. The van der Waals surface area contributed by atoms with Crippen molar-refractivity contribution in [2.45, 2.75) is 0 Å². The van der Waals surface area contributed by atoms with Crippen LogP contribution in [0.25, 0.3) is 111 Å². The summed E-state index contributed by atoms with van der Waals surface area (Å²) in [5, 5.41) is 9.46. The van der Waals surface area contributed by atoms with Gasteiger partial charge in [0.05, 0.1) is 0 Å². The zero-order valence-electron chi connectivity index (χ0n) is 29.6. The van der Waals surface area contributed by atoms with Crippen molar-refractivity contribution in [3.8, 4) is 56.4 Å². The van der Waals surface area contributed by atoms with Gasteiger partial charge < -0.3 is 4.42 Å². The second-order valence-electron chi connectivity index (χ2n) is 14.0. The molecule has 0 fully saturated rings. The highest BCUT2D eigenvalue weighted by Crippen LogP contribution is 2.40. The average molecular weight is 702 g/mol. The van der Waals surface area contributed by atoms with Gasteiger partial charge in [0.1, 0.15) is 11.2 Å². The zero-order valence-corrected chi connectivity index (χ0v) is 29.6. The van der Waals surface area contributed by atoms with E-state index in [9.17, 15) is 0 Å². The van der Waals surface area contributed by atoms with E-state index in [0.717, 1.165) is 60.9 Å². The Bertz CT molecular complexity index is 3260. The molecule has 11 aromatic rings. The fraction of sp³-hybridized carbons (Fsp3) is 0. The predicted molar refractivity (Wildman–Crippen MR) is 227 cm³/mol. The molecule has 0 aliphatic heterocycles. The van der Waals surface area contributed by atoms with Crippen LogP contribution in [0.2, 0.25) is 0 Å². The highest BCUT2D eigenvalue weighted by molar-refractivity contribution is 6.18. The standard InChI is InChI=1S/C51H31N3O/c1-3-12-32(13-4-1)35-25-29-46-45(31-35)48-44(20-11-21-47(48)55-46)51-53-49(34-15-5-2-6-16-34)52-50(54-51)43-19-10-9-18-39(43)36-23-26-40-37(30-36)24-28-41-38-17-8-7-14-33(38)22-27-42(40)41/h1-31H. The van der Waals surface area contributed by atoms with Crippen LogP contribution in [-0.4, -0.2) is 15.0 Å². The van der Waals surface area contributed by atoms with Gasteiger partial charge in [-0.1, -0.05) is 164 Å². The molecule has 4 heteroatoms. The number of furan rings is 1. The van der Waals surface area contributed by atoms with Crippen LogP contribution in [0.15, 0.2) is 192 Å². The lowest BCUT2D eigenvalue weighted by Gasteiger charge is -2.13. The van der Waals surface area contributed by atoms with Gasteiger partial charge in [0, 0.05) is 27.5 Å². The lowest BCUT2D eigenvalue weighted by atomic mass is 9.93. The predicted octanol–water partition coefficient (Wildman–Crippen LogP) is 13.6. The molecule has 0 spiro atoms. The van der Waals surface area contributed by atoms with Gasteiger partial charge in [-0.15, -0.1) is 0 Å². The number of benzene rings is 9. The molecule has 9 aromatic carbocycles. The van der Waals surface area contributed by atoms with Crippen molar-refractivity contribution < 1.29 is 4.42 Å². The fourth-order valence-electron chi connectivity index (χ4n) is 8.08. The van der Waals surface area contributed by atoms with Crippen molar-refractivity contribution in [1.82, 2.24) is 15.0 Å². The first-order valence-electron chi connectivity index (χ1n) is 18.5. The Morgan fingerprint density at radius 1 is 0.291 bits per heavy atom. The SMILES string of the molecule is c1ccc(-c2ccc3oc4cccc(-c5nc(-c6ccccc6)nc(-c6ccccc6-c6ccc7c(ccc8c9ccccc9ccc78)c6)n5)c4c3c2)cc1. The minimum absolute atomic E-state index is 0.592. The summed E-state index contributed by atoms with van der Waals surface area (Å²) in [6.07, 6.45) is 0. The molecule has 0 unspecified atom stereocenters. The van der Waals surface area contributed by atoms with Gasteiger partial charge in [0.25, 0.3) is 0 Å². The molecular weight excluding hydrogens is 671 g/mol. The lowest BCUT2D eigenvalue weighted by Crippen LogP contribution is -2.01. The minimum atomic E-state index is 0.592. The van der Waals surface area contributed by atoms with Crippen LogP contribution in [0.3, 0.4) is 0 Å². The first-order chi connectivity index (χ1) is 27.2. The molecular formula is C51H31N3O. The van der Waals surface area contributed by atoms with Crippen LogP contribution in [0, 0.1) is 0 Å². The molecule has 0 atom stereocenters. The summed E-state index contributed by atoms with van der Waals surface area (Å²) >= 11 is 0. The Kier molecular flexibility index (Phi) is 7.14. The Morgan fingerprint density at radius 3 is 1.71 bits per heavy atom. The number of hydrogen-bond donors (Lipinski definition) is 0. The molecule has 2 heterocycles. The minimum Gasteiger partial charge on any atom is -0.456 e. The highest BCUT2D eigenvalue weighted by atomic mass is 16.3. The number of rotatable bonds is 5. The van der Waals surface area contributed by atoms with Crippen molar-refractivity contribution in [2.75, 3.05) is 0 Å². The van der Waals surface area contributed by atoms with E-state index in [1.807, 2.05) is 48.5 Å². The van der Waals surface area contributed by atoms with Gasteiger partial charge in [0.2, 0.25) is 0 Å². The van der Waals surface area contributed by atoms with Crippen molar-refractivity contribution in [2.24, 2.45) is 0 Å². The summed E-state index contributed by atoms with van der Waals surface area (Å²) in [6, 6.07) is 65.8. The molecule has 0 saturated heterocycles. The topological polar surface area (TPSA) is 51.8 Å². The monoisotopic (exact) mass is 701 g/mol. The van der Waals surface area contributed by atoms with Crippen LogP contribution in [0.4, 0.5) is 0 Å². The highest BCUT2D eigenvalue weighted by Gasteiger charge is 2.20. The second kappa shape index (κ2) is 12.6. The molecule has 0 bridgehead atoms. The summed E-state index contributed by atoms with van der Waals surface area (Å²) in [6.45, 7) is 0. The number of hydrogen-bond acceptors (Lipinski definition) is 4. The van der Waals surface area contributed by atoms with E-state index in [-0.39, 0.29) is 0 Å². The van der Waals surface area contributed by atoms with Gasteiger partial charge in [-0.3, -0.25) is 0 Å². The molecule has 0 radical (unpaired) electrons. The van der Waals surface area contributed by atoms with Crippen LogP contribution >= 0.6 is 0 Å². The smallest absolute Gasteiger partial charge is 0.164 e. The molecule has 0 aliphatic carbocycles. The van der Waals surface area contributed by atoms with E-state index in [0.29, 0.717) is 17.5 Å². The molecule has 256 valence electrons. The van der Waals surface area contributed by atoms with Crippen LogP contribution < -0.4 is 0 Å². The normalized spacial score (nSPS) is 11.6. The molecule has 2 aromatic heterocycles. The quantitative estimate of drug-likeness (QED) is 0.168. The third-order valence-corrected chi connectivity index (χ3v) is 10.7. The Labute approximate surface area is 317 Å². The summed E-state index contributed by atoms with van der Waals surface area (Å²) in [4.78, 5) is 15.6.